The number of aliphatic hydroxyl groups is 3. The molecule has 1 fully saturated rings. The number of amides is 4. The highest BCUT2D eigenvalue weighted by molar-refractivity contribution is 6.14. The molecule has 1 saturated heterocycles. The molecule has 6 atom stereocenters. The van der Waals surface area contributed by atoms with Crippen LogP contribution in [0.15, 0.2) is 30.4 Å². The number of ether oxygens (including phenoxy) is 13. The molecule has 1 aromatic carbocycles. The molecule has 26 heteroatoms. The van der Waals surface area contributed by atoms with Gasteiger partial charge in [0.05, 0.1) is 163 Å². The van der Waals surface area contributed by atoms with Crippen molar-refractivity contribution in [1.82, 2.24) is 15.1 Å². The van der Waals surface area contributed by atoms with Crippen LogP contribution in [0.4, 0.5) is 0 Å². The predicted octanol–water partition coefficient (Wildman–Crippen LogP) is 0.994. The summed E-state index contributed by atoms with van der Waals surface area (Å²) in [5.41, 5.74) is 1.24. The molecule has 26 nitrogen and oxygen atoms in total. The SMILES string of the molecule is COCCOCCOCCOCCOCCOCCOCCOCCOCCOCCOCCN(CCC(=O)C[C@H](C(=O)N[C@@H](C)C(=O)Cc1ccc(COC(=O)C(C)(C)C)c(CC[C@@H]2OC[C@@H](O)[C@H](O)[C@H]2O)c1)C(C)C)C(=O)CN1C(=O)C=CC1=O. The molecule has 0 aromatic heterocycles. The van der Waals surface area contributed by atoms with E-state index in [1.165, 1.54) is 4.90 Å². The summed E-state index contributed by atoms with van der Waals surface area (Å²) in [5, 5.41) is 33.5. The van der Waals surface area contributed by atoms with Gasteiger partial charge in [0.1, 0.15) is 37.2 Å². The minimum absolute atomic E-state index is 0.0339. The summed E-state index contributed by atoms with van der Waals surface area (Å²) in [6.45, 7) is 18.1. The molecule has 0 bridgehead atoms. The van der Waals surface area contributed by atoms with E-state index in [0.717, 1.165) is 17.1 Å². The Morgan fingerprint density at radius 3 is 1.59 bits per heavy atom. The number of hydrogen-bond acceptors (Lipinski definition) is 23. The average molecular weight is 1240 g/mol. The Bertz CT molecular complexity index is 2170. The fraction of sp³-hybridized carbons (Fsp3) is 0.754. The van der Waals surface area contributed by atoms with E-state index >= 15 is 0 Å². The van der Waals surface area contributed by atoms with E-state index < -0.39 is 77.9 Å². The first kappa shape index (κ1) is 76.5. The molecule has 4 amide bonds. The first-order chi connectivity index (χ1) is 41.7. The Hall–Kier alpha value is -4.75. The number of ketones is 2. The third-order valence-electron chi connectivity index (χ3n) is 13.8. The number of Topliss-reactive ketones (excluding diaryl/α,β-unsaturated/α-hetero) is 2. The molecule has 87 heavy (non-hydrogen) atoms. The second-order valence-corrected chi connectivity index (χ2v) is 22.2. The highest BCUT2D eigenvalue weighted by Gasteiger charge is 2.37. The summed E-state index contributed by atoms with van der Waals surface area (Å²) in [6, 6.07) is 4.32. The smallest absolute Gasteiger partial charge is 0.311 e. The number of imide groups is 1. The molecule has 4 N–H and O–H groups in total. The van der Waals surface area contributed by atoms with Gasteiger partial charge in [-0.25, -0.2) is 0 Å². The van der Waals surface area contributed by atoms with Crippen LogP contribution in [-0.4, -0.2) is 269 Å². The third kappa shape index (κ3) is 32.5. The molecule has 0 saturated carbocycles. The molecule has 0 aliphatic carbocycles. The van der Waals surface area contributed by atoms with Crippen molar-refractivity contribution in [2.75, 3.05) is 172 Å². The Balaban J connectivity index is 1.33. The van der Waals surface area contributed by atoms with Gasteiger partial charge in [0.15, 0.2) is 5.78 Å². The van der Waals surface area contributed by atoms with Crippen LogP contribution in [0, 0.1) is 17.3 Å². The summed E-state index contributed by atoms with van der Waals surface area (Å²) in [5.74, 6) is -4.52. The van der Waals surface area contributed by atoms with Gasteiger partial charge in [-0.05, 0) is 63.1 Å². The fourth-order valence-electron chi connectivity index (χ4n) is 8.52. The first-order valence-corrected chi connectivity index (χ1v) is 30.1. The number of methoxy groups -OCH3 is 1. The fourth-order valence-corrected chi connectivity index (χ4v) is 8.52. The zero-order valence-electron chi connectivity index (χ0n) is 52.2. The molecule has 2 aliphatic rings. The zero-order valence-corrected chi connectivity index (χ0v) is 52.2. The van der Waals surface area contributed by atoms with Gasteiger partial charge in [0.2, 0.25) is 11.8 Å². The Labute approximate surface area is 512 Å². The third-order valence-corrected chi connectivity index (χ3v) is 13.8. The van der Waals surface area contributed by atoms with Crippen LogP contribution >= 0.6 is 0 Å². The maximum absolute atomic E-state index is 13.7. The molecule has 1 aromatic rings. The lowest BCUT2D eigenvalue weighted by atomic mass is 9.88. The summed E-state index contributed by atoms with van der Waals surface area (Å²) in [7, 11) is 1.63. The van der Waals surface area contributed by atoms with E-state index in [4.69, 9.17) is 61.6 Å². The van der Waals surface area contributed by atoms with Crippen LogP contribution in [0.5, 0.6) is 0 Å². The van der Waals surface area contributed by atoms with Crippen molar-refractivity contribution in [3.8, 4) is 0 Å². The monoisotopic (exact) mass is 1240 g/mol. The molecular formula is C61H99N3O23. The predicted molar refractivity (Wildman–Crippen MR) is 313 cm³/mol. The Kier molecular flexibility index (Phi) is 39.3. The quantitative estimate of drug-likeness (QED) is 0.0402. The number of aliphatic hydroxyl groups excluding tert-OH is 3. The van der Waals surface area contributed by atoms with E-state index in [-0.39, 0.29) is 89.3 Å². The topological polar surface area (TPSA) is 319 Å². The molecule has 0 radical (unpaired) electrons. The van der Waals surface area contributed by atoms with Gasteiger partial charge >= 0.3 is 5.97 Å². The zero-order chi connectivity index (χ0) is 63.8. The highest BCUT2D eigenvalue weighted by Crippen LogP contribution is 2.25. The van der Waals surface area contributed by atoms with Crippen LogP contribution < -0.4 is 5.32 Å². The second kappa shape index (κ2) is 44.7. The van der Waals surface area contributed by atoms with Gasteiger partial charge in [-0.2, -0.15) is 0 Å². The molecule has 2 heterocycles. The van der Waals surface area contributed by atoms with Crippen LogP contribution in [0.3, 0.4) is 0 Å². The lowest BCUT2D eigenvalue weighted by Gasteiger charge is -2.35. The molecule has 0 unspecified atom stereocenters. The summed E-state index contributed by atoms with van der Waals surface area (Å²) >= 11 is 0. The number of aryl methyl sites for hydroxylation is 1. The summed E-state index contributed by atoms with van der Waals surface area (Å²) in [6.07, 6.45) is -2.40. The molecular weight excluding hydrogens is 1140 g/mol. The lowest BCUT2D eigenvalue weighted by Crippen LogP contribution is -2.52. The normalized spacial score (nSPS) is 17.7. The minimum Gasteiger partial charge on any atom is -0.460 e. The van der Waals surface area contributed by atoms with Gasteiger partial charge in [-0.1, -0.05) is 32.0 Å². The summed E-state index contributed by atoms with van der Waals surface area (Å²) < 4.78 is 71.2. The minimum atomic E-state index is -1.38. The van der Waals surface area contributed by atoms with Crippen molar-refractivity contribution in [2.24, 2.45) is 17.3 Å². The maximum Gasteiger partial charge on any atom is 0.311 e. The molecule has 2 aliphatic heterocycles. The molecule has 3 rings (SSSR count). The van der Waals surface area contributed by atoms with Gasteiger partial charge in [0.25, 0.3) is 11.8 Å². The Morgan fingerprint density at radius 1 is 0.655 bits per heavy atom. The van der Waals surface area contributed by atoms with Gasteiger partial charge < -0.3 is 87.1 Å². The second-order valence-electron chi connectivity index (χ2n) is 22.2. The van der Waals surface area contributed by atoms with Crippen molar-refractivity contribution in [2.45, 2.75) is 111 Å². The van der Waals surface area contributed by atoms with E-state index in [1.54, 1.807) is 66.9 Å². The van der Waals surface area contributed by atoms with Gasteiger partial charge in [0, 0.05) is 57.5 Å². The van der Waals surface area contributed by atoms with Crippen LogP contribution in [0.1, 0.15) is 77.5 Å². The number of nitrogens with zero attached hydrogens (tertiary/aromatic N) is 2. The van der Waals surface area contributed by atoms with Crippen molar-refractivity contribution in [3.05, 3.63) is 47.0 Å². The number of benzene rings is 1. The number of carbonyl (C=O) groups is 7. The molecule has 0 spiro atoms. The summed E-state index contributed by atoms with van der Waals surface area (Å²) in [4.78, 5) is 93.8. The number of carbonyl (C=O) groups excluding carboxylic acids is 7. The van der Waals surface area contributed by atoms with Crippen molar-refractivity contribution in [3.63, 3.8) is 0 Å². The largest absolute Gasteiger partial charge is 0.460 e. The first-order valence-electron chi connectivity index (χ1n) is 30.1. The maximum atomic E-state index is 13.7. The standard InChI is InChI=1S/C61H99N3O23/c1-44(2)50(59(73)62-45(3)51(66)39-46-8-9-48(42-87-60(74)61(4,5)6)47(38-46)10-11-53-58(72)57(71)52(67)43-86-53)40-49(65)14-15-63(56(70)41-64-54(68)12-13-55(64)69)16-17-76-20-21-78-24-25-80-28-29-82-32-33-84-36-37-85-35-34-83-31-30-81-27-26-79-23-22-77-19-18-75-7/h8-9,12-13,38,44-45,50,52-53,57-58,67,71-72H,10-11,14-37,39-43H2,1-7H3,(H,62,73)/t45-,50-,52+,53-,57-,58-/m0/s1. The van der Waals surface area contributed by atoms with E-state index in [9.17, 15) is 48.9 Å². The van der Waals surface area contributed by atoms with Crippen LogP contribution in [0.2, 0.25) is 0 Å². The highest BCUT2D eigenvalue weighted by atomic mass is 16.6. The van der Waals surface area contributed by atoms with Crippen LogP contribution in [0.25, 0.3) is 0 Å². The average Bonchev–Trinajstić information content (AvgIpc) is 3.94. The van der Waals surface area contributed by atoms with E-state index in [1.807, 2.05) is 0 Å². The van der Waals surface area contributed by atoms with Gasteiger partial charge in [-0.15, -0.1) is 0 Å². The number of nitrogens with one attached hydrogen (secondary N) is 1. The Morgan fingerprint density at radius 2 is 1.13 bits per heavy atom. The number of esters is 1. The van der Waals surface area contributed by atoms with E-state index in [0.29, 0.717) is 142 Å². The molecule has 496 valence electrons. The van der Waals surface area contributed by atoms with Crippen molar-refractivity contribution in [1.29, 1.82) is 0 Å². The number of hydrogen-bond donors (Lipinski definition) is 4. The van der Waals surface area contributed by atoms with Crippen LogP contribution in [-0.2, 0) is 115 Å². The van der Waals surface area contributed by atoms with Gasteiger partial charge in [-0.3, -0.25) is 38.5 Å². The number of rotatable bonds is 51. The van der Waals surface area contributed by atoms with Crippen molar-refractivity contribution < 1.29 is 110 Å². The van der Waals surface area contributed by atoms with Crippen molar-refractivity contribution >= 4 is 41.2 Å². The lowest BCUT2D eigenvalue weighted by molar-refractivity contribution is -0.188. The van der Waals surface area contributed by atoms with E-state index in [2.05, 4.69) is 5.32 Å².